The van der Waals surface area contributed by atoms with Crippen LogP contribution in [0.2, 0.25) is 0 Å². The van der Waals surface area contributed by atoms with Gasteiger partial charge >= 0.3 is 0 Å². The Morgan fingerprint density at radius 1 is 1.14 bits per heavy atom. The number of nitrogens with one attached hydrogen (secondary N) is 1. The Morgan fingerprint density at radius 2 is 1.86 bits per heavy atom. The summed E-state index contributed by atoms with van der Waals surface area (Å²) in [6, 6.07) is 11.7. The molecule has 1 fully saturated rings. The lowest BCUT2D eigenvalue weighted by atomic mass is 10.1. The van der Waals surface area contributed by atoms with Gasteiger partial charge in [-0.3, -0.25) is 4.79 Å². The van der Waals surface area contributed by atoms with Crippen LogP contribution in [0.5, 0.6) is 0 Å². The molecule has 1 aliphatic heterocycles. The van der Waals surface area contributed by atoms with E-state index < -0.39 is 0 Å². The second kappa shape index (κ2) is 6.92. The summed E-state index contributed by atoms with van der Waals surface area (Å²) in [6.45, 7) is 2.14. The van der Waals surface area contributed by atoms with Crippen LogP contribution in [0.1, 0.15) is 18.4 Å². The molecule has 22 heavy (non-hydrogen) atoms. The highest BCUT2D eigenvalue weighted by Gasteiger charge is 2.13. The van der Waals surface area contributed by atoms with Crippen molar-refractivity contribution in [2.24, 2.45) is 0 Å². The molecule has 0 radical (unpaired) electrons. The lowest BCUT2D eigenvalue weighted by Gasteiger charge is -2.16. The second-order valence-electron chi connectivity index (χ2n) is 5.45. The van der Waals surface area contributed by atoms with Crippen LogP contribution in [-0.4, -0.2) is 24.0 Å². The third-order valence-corrected chi connectivity index (χ3v) is 4.27. The molecule has 1 N–H and O–H groups in total. The van der Waals surface area contributed by atoms with Gasteiger partial charge in [0.15, 0.2) is 0 Å². The number of aromatic nitrogens is 1. The first-order valence-electron chi connectivity index (χ1n) is 7.46. The largest absolute Gasteiger partial charge is 0.357 e. The van der Waals surface area contributed by atoms with E-state index in [1.54, 1.807) is 6.20 Å². The number of nitrogens with zero attached hydrogens (tertiary/aromatic N) is 2. The summed E-state index contributed by atoms with van der Waals surface area (Å²) < 4.78 is 1.01. The first-order chi connectivity index (χ1) is 10.7. The molecule has 1 saturated heterocycles. The third kappa shape index (κ3) is 3.85. The van der Waals surface area contributed by atoms with Crippen molar-refractivity contribution in [3.63, 3.8) is 0 Å². The number of hydrogen-bond acceptors (Lipinski definition) is 3. The molecule has 2 aromatic rings. The summed E-state index contributed by atoms with van der Waals surface area (Å²) in [5, 5.41) is 2.89. The number of amides is 1. The first-order valence-corrected chi connectivity index (χ1v) is 8.25. The van der Waals surface area contributed by atoms with Crippen LogP contribution in [0, 0.1) is 0 Å². The normalized spacial score (nSPS) is 14.1. The molecular weight excluding hydrogens is 342 g/mol. The van der Waals surface area contributed by atoms with Gasteiger partial charge in [0.25, 0.3) is 0 Å². The number of benzene rings is 1. The monoisotopic (exact) mass is 359 g/mol. The molecule has 0 aliphatic carbocycles. The number of halogens is 1. The van der Waals surface area contributed by atoms with E-state index in [9.17, 15) is 4.79 Å². The van der Waals surface area contributed by atoms with E-state index in [4.69, 9.17) is 0 Å². The molecule has 3 rings (SSSR count). The van der Waals surface area contributed by atoms with Crippen molar-refractivity contribution in [1.29, 1.82) is 0 Å². The number of pyridine rings is 1. The minimum Gasteiger partial charge on any atom is -0.357 e. The SMILES string of the molecule is O=C(Cc1ccc(Br)cc1)Nc1ccc(N2CCCC2)nc1. The fourth-order valence-electron chi connectivity index (χ4n) is 2.59. The Bertz CT molecular complexity index is 634. The van der Waals surface area contributed by atoms with Crippen molar-refractivity contribution in [1.82, 2.24) is 4.98 Å². The Balaban J connectivity index is 1.57. The van der Waals surface area contributed by atoms with Crippen LogP contribution in [0.25, 0.3) is 0 Å². The zero-order chi connectivity index (χ0) is 15.4. The molecule has 1 aromatic carbocycles. The summed E-state index contributed by atoms with van der Waals surface area (Å²) in [5.41, 5.74) is 1.73. The fraction of sp³-hybridized carbons (Fsp3) is 0.294. The molecule has 1 amide bonds. The minimum atomic E-state index is -0.0296. The molecule has 0 bridgehead atoms. The topological polar surface area (TPSA) is 45.2 Å². The van der Waals surface area contributed by atoms with Gasteiger partial charge in [-0.25, -0.2) is 4.98 Å². The van der Waals surface area contributed by atoms with Crippen molar-refractivity contribution in [2.45, 2.75) is 19.3 Å². The van der Waals surface area contributed by atoms with Gasteiger partial charge in [-0.05, 0) is 42.7 Å². The molecule has 4 nitrogen and oxygen atoms in total. The van der Waals surface area contributed by atoms with Crippen LogP contribution in [0.15, 0.2) is 47.1 Å². The van der Waals surface area contributed by atoms with Gasteiger partial charge in [0.1, 0.15) is 5.82 Å². The van der Waals surface area contributed by atoms with Crippen LogP contribution in [-0.2, 0) is 11.2 Å². The highest BCUT2D eigenvalue weighted by molar-refractivity contribution is 9.10. The Labute approximate surface area is 138 Å². The molecule has 0 unspecified atom stereocenters. The molecule has 0 spiro atoms. The Hall–Kier alpha value is -1.88. The molecule has 5 heteroatoms. The van der Waals surface area contributed by atoms with Gasteiger partial charge in [-0.1, -0.05) is 28.1 Å². The zero-order valence-electron chi connectivity index (χ0n) is 12.3. The number of carbonyl (C=O) groups is 1. The predicted molar refractivity (Wildman–Crippen MR) is 92.2 cm³/mol. The van der Waals surface area contributed by atoms with E-state index in [0.29, 0.717) is 6.42 Å². The predicted octanol–water partition coefficient (Wildman–Crippen LogP) is 3.63. The zero-order valence-corrected chi connectivity index (χ0v) is 13.8. The average molecular weight is 360 g/mol. The standard InChI is InChI=1S/C17H18BrN3O/c18-14-5-3-13(4-6-14)11-17(22)20-15-7-8-16(19-12-15)21-9-1-2-10-21/h3-8,12H,1-2,9-11H2,(H,20,22). The van der Waals surface area contributed by atoms with Gasteiger partial charge in [-0.2, -0.15) is 0 Å². The summed E-state index contributed by atoms with van der Waals surface area (Å²) in [7, 11) is 0. The van der Waals surface area contributed by atoms with Crippen LogP contribution in [0.4, 0.5) is 11.5 Å². The maximum absolute atomic E-state index is 12.0. The highest BCUT2D eigenvalue weighted by Crippen LogP contribution is 2.19. The highest BCUT2D eigenvalue weighted by atomic mass is 79.9. The lowest BCUT2D eigenvalue weighted by molar-refractivity contribution is -0.115. The summed E-state index contributed by atoms with van der Waals surface area (Å²) in [4.78, 5) is 18.8. The average Bonchev–Trinajstić information content (AvgIpc) is 3.05. The molecular formula is C17H18BrN3O. The number of rotatable bonds is 4. The number of carbonyl (C=O) groups excluding carboxylic acids is 1. The first kappa shape index (κ1) is 15.0. The molecule has 1 aromatic heterocycles. The van der Waals surface area contributed by atoms with Crippen molar-refractivity contribution in [2.75, 3.05) is 23.3 Å². The summed E-state index contributed by atoms with van der Waals surface area (Å²) in [5.74, 6) is 0.960. The van der Waals surface area contributed by atoms with Crippen LogP contribution in [0.3, 0.4) is 0 Å². The van der Waals surface area contributed by atoms with Crippen molar-refractivity contribution in [3.05, 3.63) is 52.6 Å². The van der Waals surface area contributed by atoms with Gasteiger partial charge in [0, 0.05) is 17.6 Å². The maximum atomic E-state index is 12.0. The second-order valence-corrected chi connectivity index (χ2v) is 6.37. The van der Waals surface area contributed by atoms with E-state index in [1.807, 2.05) is 36.4 Å². The fourth-order valence-corrected chi connectivity index (χ4v) is 2.85. The Kier molecular flexibility index (Phi) is 4.73. The van der Waals surface area contributed by atoms with Crippen molar-refractivity contribution >= 4 is 33.3 Å². The molecule has 0 saturated carbocycles. The molecule has 0 atom stereocenters. The smallest absolute Gasteiger partial charge is 0.228 e. The molecule has 1 aliphatic rings. The summed E-state index contributed by atoms with van der Waals surface area (Å²) in [6.07, 6.45) is 4.55. The third-order valence-electron chi connectivity index (χ3n) is 3.74. The summed E-state index contributed by atoms with van der Waals surface area (Å²) >= 11 is 3.39. The van der Waals surface area contributed by atoms with E-state index in [2.05, 4.69) is 31.1 Å². The van der Waals surface area contributed by atoms with Crippen molar-refractivity contribution in [3.8, 4) is 0 Å². The van der Waals surface area contributed by atoms with Gasteiger partial charge in [-0.15, -0.1) is 0 Å². The van der Waals surface area contributed by atoms with Gasteiger partial charge in [0.05, 0.1) is 18.3 Å². The van der Waals surface area contributed by atoms with E-state index in [0.717, 1.165) is 34.6 Å². The van der Waals surface area contributed by atoms with E-state index in [-0.39, 0.29) is 5.91 Å². The lowest BCUT2D eigenvalue weighted by Crippen LogP contribution is -2.19. The number of anilines is 2. The van der Waals surface area contributed by atoms with E-state index in [1.165, 1.54) is 12.8 Å². The molecule has 114 valence electrons. The Morgan fingerprint density at radius 3 is 2.50 bits per heavy atom. The van der Waals surface area contributed by atoms with E-state index >= 15 is 0 Å². The van der Waals surface area contributed by atoms with Gasteiger partial charge in [0.2, 0.25) is 5.91 Å². The maximum Gasteiger partial charge on any atom is 0.228 e. The quantitative estimate of drug-likeness (QED) is 0.906. The van der Waals surface area contributed by atoms with Crippen LogP contribution < -0.4 is 10.2 Å². The molecule has 2 heterocycles. The van der Waals surface area contributed by atoms with Crippen molar-refractivity contribution < 1.29 is 4.79 Å². The van der Waals surface area contributed by atoms with Gasteiger partial charge < -0.3 is 10.2 Å². The number of hydrogen-bond donors (Lipinski definition) is 1. The van der Waals surface area contributed by atoms with Crippen LogP contribution >= 0.6 is 15.9 Å². The minimum absolute atomic E-state index is 0.0296.